The van der Waals surface area contributed by atoms with Crippen LogP contribution in [0.15, 0.2) is 43.1 Å². The quantitative estimate of drug-likeness (QED) is 0.863. The summed E-state index contributed by atoms with van der Waals surface area (Å²) in [6.45, 7) is 1.75. The van der Waals surface area contributed by atoms with Gasteiger partial charge in [-0.1, -0.05) is 6.07 Å². The van der Waals surface area contributed by atoms with Crippen LogP contribution in [0.5, 0.6) is 0 Å². The van der Waals surface area contributed by atoms with Crippen molar-refractivity contribution in [3.63, 3.8) is 0 Å². The van der Waals surface area contributed by atoms with Gasteiger partial charge in [-0.05, 0) is 18.6 Å². The number of aromatic nitrogens is 3. The summed E-state index contributed by atoms with van der Waals surface area (Å²) in [6, 6.07) is 5.73. The first-order chi connectivity index (χ1) is 11.1. The van der Waals surface area contributed by atoms with Gasteiger partial charge in [0.05, 0.1) is 12.9 Å². The molecular weight excluding hydrogens is 294 g/mol. The van der Waals surface area contributed by atoms with Crippen molar-refractivity contribution in [2.45, 2.75) is 18.6 Å². The van der Waals surface area contributed by atoms with Crippen molar-refractivity contribution in [2.75, 3.05) is 31.6 Å². The minimum Gasteiger partial charge on any atom is -0.386 e. The van der Waals surface area contributed by atoms with Gasteiger partial charge in [-0.3, -0.25) is 4.79 Å². The summed E-state index contributed by atoms with van der Waals surface area (Å²) in [5, 5.41) is 10.8. The van der Waals surface area contributed by atoms with Crippen LogP contribution >= 0.6 is 0 Å². The summed E-state index contributed by atoms with van der Waals surface area (Å²) in [5.74, 6) is 0.809. The van der Waals surface area contributed by atoms with Gasteiger partial charge < -0.3 is 19.5 Å². The molecule has 0 saturated carbocycles. The number of carbonyl (C=O) groups is 1. The zero-order valence-electron chi connectivity index (χ0n) is 13.2. The second-order valence-corrected chi connectivity index (χ2v) is 6.07. The standard InChI is InChI=1S/C16H21N5O2/c1-19(15(22)10-20-9-7-17-13-20)11-16(23)5-8-21(12-16)14-4-2-3-6-18-14/h2-4,6-7,9,13,23H,5,8,10-12H2,1H3/t16-/m0/s1. The van der Waals surface area contributed by atoms with Crippen LogP contribution in [-0.4, -0.2) is 62.7 Å². The van der Waals surface area contributed by atoms with Crippen LogP contribution in [0.1, 0.15) is 6.42 Å². The molecule has 0 bridgehead atoms. The lowest BCUT2D eigenvalue weighted by molar-refractivity contribution is -0.133. The van der Waals surface area contributed by atoms with E-state index in [1.54, 1.807) is 41.4 Å². The van der Waals surface area contributed by atoms with Crippen molar-refractivity contribution in [1.82, 2.24) is 19.4 Å². The van der Waals surface area contributed by atoms with E-state index in [1.807, 2.05) is 23.1 Å². The molecule has 3 rings (SSSR count). The van der Waals surface area contributed by atoms with Gasteiger partial charge in [0, 0.05) is 38.7 Å². The SMILES string of the molecule is CN(C[C@@]1(O)CCN(c2ccccn2)C1)C(=O)Cn1ccnc1. The molecule has 3 heterocycles. The average Bonchev–Trinajstić information content (AvgIpc) is 3.18. The van der Waals surface area contributed by atoms with Crippen LogP contribution in [0.2, 0.25) is 0 Å². The Morgan fingerprint density at radius 1 is 1.43 bits per heavy atom. The Bertz CT molecular complexity index is 646. The van der Waals surface area contributed by atoms with Gasteiger partial charge in [0.2, 0.25) is 5.91 Å². The molecule has 0 spiro atoms. The van der Waals surface area contributed by atoms with Crippen LogP contribution in [0.4, 0.5) is 5.82 Å². The first-order valence-electron chi connectivity index (χ1n) is 7.64. The normalized spacial score (nSPS) is 20.7. The first-order valence-corrected chi connectivity index (χ1v) is 7.64. The molecule has 7 nitrogen and oxygen atoms in total. The topological polar surface area (TPSA) is 74.5 Å². The summed E-state index contributed by atoms with van der Waals surface area (Å²) < 4.78 is 1.72. The van der Waals surface area contributed by atoms with Crippen molar-refractivity contribution in [2.24, 2.45) is 0 Å². The Balaban J connectivity index is 1.58. The largest absolute Gasteiger partial charge is 0.386 e. The number of likely N-dealkylation sites (N-methyl/N-ethyl adjacent to an activating group) is 1. The molecule has 1 atom stereocenters. The highest BCUT2D eigenvalue weighted by molar-refractivity contribution is 5.75. The van der Waals surface area contributed by atoms with Crippen LogP contribution in [0, 0.1) is 0 Å². The van der Waals surface area contributed by atoms with Crippen molar-refractivity contribution in [3.05, 3.63) is 43.1 Å². The van der Waals surface area contributed by atoms with Gasteiger partial charge in [0.25, 0.3) is 0 Å². The van der Waals surface area contributed by atoms with E-state index in [0.29, 0.717) is 19.5 Å². The Morgan fingerprint density at radius 3 is 3.00 bits per heavy atom. The fraction of sp³-hybridized carbons (Fsp3) is 0.438. The number of hydrogen-bond donors (Lipinski definition) is 1. The number of nitrogens with zero attached hydrogens (tertiary/aromatic N) is 5. The summed E-state index contributed by atoms with van der Waals surface area (Å²) in [4.78, 5) is 24.1. The lowest BCUT2D eigenvalue weighted by atomic mass is 10.0. The Hall–Kier alpha value is -2.41. The second kappa shape index (κ2) is 6.37. The number of aliphatic hydroxyl groups is 1. The molecule has 0 aliphatic carbocycles. The first kappa shape index (κ1) is 15.5. The monoisotopic (exact) mass is 315 g/mol. The van der Waals surface area contributed by atoms with Crippen LogP contribution in [0.25, 0.3) is 0 Å². The highest BCUT2D eigenvalue weighted by Crippen LogP contribution is 2.26. The fourth-order valence-corrected chi connectivity index (χ4v) is 2.91. The predicted octanol–water partition coefficient (Wildman–Crippen LogP) is 0.378. The van der Waals surface area contributed by atoms with Crippen molar-refractivity contribution < 1.29 is 9.90 Å². The Kier molecular flexibility index (Phi) is 4.29. The molecular formula is C16H21N5O2. The Morgan fingerprint density at radius 2 is 2.30 bits per heavy atom. The minimum absolute atomic E-state index is 0.0484. The lowest BCUT2D eigenvalue weighted by Gasteiger charge is -2.29. The summed E-state index contributed by atoms with van der Waals surface area (Å²) in [7, 11) is 1.72. The number of amides is 1. The van der Waals surface area contributed by atoms with E-state index >= 15 is 0 Å². The molecule has 1 aliphatic heterocycles. The van der Waals surface area contributed by atoms with E-state index in [0.717, 1.165) is 12.4 Å². The van der Waals surface area contributed by atoms with Gasteiger partial charge in [-0.25, -0.2) is 9.97 Å². The number of pyridine rings is 1. The number of β-amino-alcohol motifs (C(OH)–C–C–N with tert-alkyl or cyclic N) is 1. The molecule has 0 radical (unpaired) electrons. The molecule has 1 saturated heterocycles. The molecule has 1 N–H and O–H groups in total. The third-order valence-corrected chi connectivity index (χ3v) is 4.14. The molecule has 23 heavy (non-hydrogen) atoms. The summed E-state index contributed by atoms with van der Waals surface area (Å²) >= 11 is 0. The van der Waals surface area contributed by atoms with E-state index in [2.05, 4.69) is 9.97 Å². The number of carbonyl (C=O) groups excluding carboxylic acids is 1. The molecule has 2 aromatic rings. The smallest absolute Gasteiger partial charge is 0.242 e. The minimum atomic E-state index is -0.906. The molecule has 2 aromatic heterocycles. The van der Waals surface area contributed by atoms with Gasteiger partial charge in [0.15, 0.2) is 0 Å². The maximum Gasteiger partial charge on any atom is 0.242 e. The lowest BCUT2D eigenvalue weighted by Crippen LogP contribution is -2.46. The summed E-state index contributed by atoms with van der Waals surface area (Å²) in [6.07, 6.45) is 7.36. The van der Waals surface area contributed by atoms with E-state index in [9.17, 15) is 9.90 Å². The zero-order chi connectivity index (χ0) is 16.3. The van der Waals surface area contributed by atoms with Crippen molar-refractivity contribution in [1.29, 1.82) is 0 Å². The fourth-order valence-electron chi connectivity index (χ4n) is 2.91. The van der Waals surface area contributed by atoms with E-state index in [4.69, 9.17) is 0 Å². The molecule has 7 heteroatoms. The average molecular weight is 315 g/mol. The Labute approximate surface area is 135 Å². The highest BCUT2D eigenvalue weighted by Gasteiger charge is 2.38. The van der Waals surface area contributed by atoms with E-state index < -0.39 is 5.60 Å². The van der Waals surface area contributed by atoms with Gasteiger partial charge in [-0.2, -0.15) is 0 Å². The molecule has 1 fully saturated rings. The van der Waals surface area contributed by atoms with Crippen LogP contribution < -0.4 is 4.90 Å². The van der Waals surface area contributed by atoms with Crippen molar-refractivity contribution in [3.8, 4) is 0 Å². The third kappa shape index (κ3) is 3.68. The highest BCUT2D eigenvalue weighted by atomic mass is 16.3. The van der Waals surface area contributed by atoms with Crippen molar-refractivity contribution >= 4 is 11.7 Å². The molecule has 0 aromatic carbocycles. The molecule has 1 amide bonds. The number of hydrogen-bond acceptors (Lipinski definition) is 5. The molecule has 1 aliphatic rings. The number of imidazole rings is 1. The van der Waals surface area contributed by atoms with E-state index in [-0.39, 0.29) is 12.5 Å². The maximum absolute atomic E-state index is 12.2. The van der Waals surface area contributed by atoms with Crippen LogP contribution in [-0.2, 0) is 11.3 Å². The van der Waals surface area contributed by atoms with Gasteiger partial charge in [-0.15, -0.1) is 0 Å². The second-order valence-electron chi connectivity index (χ2n) is 6.07. The molecule has 122 valence electrons. The van der Waals surface area contributed by atoms with Gasteiger partial charge >= 0.3 is 0 Å². The maximum atomic E-state index is 12.2. The van der Waals surface area contributed by atoms with E-state index in [1.165, 1.54) is 0 Å². The summed E-state index contributed by atoms with van der Waals surface area (Å²) in [5.41, 5.74) is -0.906. The third-order valence-electron chi connectivity index (χ3n) is 4.14. The van der Waals surface area contributed by atoms with Crippen LogP contribution in [0.3, 0.4) is 0 Å². The molecule has 0 unspecified atom stereocenters. The van der Waals surface area contributed by atoms with Gasteiger partial charge in [0.1, 0.15) is 18.0 Å². The number of rotatable bonds is 5. The number of anilines is 1. The zero-order valence-corrected chi connectivity index (χ0v) is 13.2. The predicted molar refractivity (Wildman–Crippen MR) is 85.9 cm³/mol.